The van der Waals surface area contributed by atoms with Gasteiger partial charge in [0, 0.05) is 12.1 Å². The van der Waals surface area contributed by atoms with Crippen molar-refractivity contribution in [2.45, 2.75) is 13.5 Å². The first-order valence-electron chi connectivity index (χ1n) is 6.98. The summed E-state index contributed by atoms with van der Waals surface area (Å²) in [5.74, 6) is 0.748. The van der Waals surface area contributed by atoms with Crippen molar-refractivity contribution in [3.05, 3.63) is 70.8 Å². The van der Waals surface area contributed by atoms with Crippen LogP contribution in [0.25, 0.3) is 6.08 Å². The van der Waals surface area contributed by atoms with Gasteiger partial charge in [0.05, 0.1) is 5.57 Å². The van der Waals surface area contributed by atoms with E-state index in [-0.39, 0.29) is 5.91 Å². The van der Waals surface area contributed by atoms with E-state index < -0.39 is 0 Å². The van der Waals surface area contributed by atoms with Crippen LogP contribution in [-0.4, -0.2) is 12.5 Å². The van der Waals surface area contributed by atoms with Crippen LogP contribution in [0.4, 0.5) is 0 Å². The number of hydrogen-bond acceptors (Lipinski definition) is 2. The molecule has 1 N–H and O–H groups in total. The van der Waals surface area contributed by atoms with Gasteiger partial charge in [-0.25, -0.2) is 0 Å². The van der Waals surface area contributed by atoms with Crippen molar-refractivity contribution >= 4 is 12.0 Å². The molecule has 0 radical (unpaired) electrons. The molecule has 1 aliphatic heterocycles. The van der Waals surface area contributed by atoms with E-state index in [1.165, 1.54) is 5.56 Å². The van der Waals surface area contributed by atoms with Crippen LogP contribution >= 0.6 is 0 Å². The fourth-order valence-corrected chi connectivity index (χ4v) is 2.25. The number of rotatable bonds is 3. The van der Waals surface area contributed by atoms with E-state index in [2.05, 4.69) is 5.32 Å². The Balaban J connectivity index is 1.66. The number of nitrogens with one attached hydrogen (secondary N) is 1. The highest BCUT2D eigenvalue weighted by Gasteiger charge is 2.16. The molecule has 0 saturated carbocycles. The second kappa shape index (κ2) is 5.83. The van der Waals surface area contributed by atoms with Gasteiger partial charge in [0.25, 0.3) is 5.91 Å². The number of para-hydroxylation sites is 1. The van der Waals surface area contributed by atoms with Crippen molar-refractivity contribution < 1.29 is 9.53 Å². The van der Waals surface area contributed by atoms with Crippen LogP contribution in [0.15, 0.2) is 54.1 Å². The fraction of sp³-hybridized carbons (Fsp3) is 0.167. The molecular formula is C18H17NO2. The van der Waals surface area contributed by atoms with Gasteiger partial charge in [-0.15, -0.1) is 0 Å². The van der Waals surface area contributed by atoms with E-state index >= 15 is 0 Å². The van der Waals surface area contributed by atoms with Crippen LogP contribution in [0.3, 0.4) is 0 Å². The minimum Gasteiger partial charge on any atom is -0.488 e. The number of amides is 1. The van der Waals surface area contributed by atoms with Gasteiger partial charge in [0.1, 0.15) is 12.4 Å². The zero-order chi connectivity index (χ0) is 14.7. The Morgan fingerprint density at radius 1 is 1.14 bits per heavy atom. The third kappa shape index (κ3) is 3.14. The van der Waals surface area contributed by atoms with Crippen LogP contribution in [0.1, 0.15) is 16.7 Å². The Hall–Kier alpha value is -2.55. The second-order valence-corrected chi connectivity index (χ2v) is 5.16. The number of ether oxygens (including phenoxy) is 1. The highest BCUT2D eigenvalue weighted by atomic mass is 16.5. The zero-order valence-corrected chi connectivity index (χ0v) is 11.9. The standard InChI is InChI=1S/C18H17NO2/c1-13-6-8-14(9-7-13)11-19-18(20)16-10-15-4-2-3-5-17(15)21-12-16/h2-10H,11-12H2,1H3,(H,19,20). The maximum Gasteiger partial charge on any atom is 0.250 e. The smallest absolute Gasteiger partial charge is 0.250 e. The molecule has 3 nitrogen and oxygen atoms in total. The van der Waals surface area contributed by atoms with Crippen molar-refractivity contribution in [1.82, 2.24) is 5.32 Å². The van der Waals surface area contributed by atoms with Crippen molar-refractivity contribution in [3.8, 4) is 5.75 Å². The predicted molar refractivity (Wildman–Crippen MR) is 82.9 cm³/mol. The summed E-state index contributed by atoms with van der Waals surface area (Å²) in [4.78, 5) is 12.2. The van der Waals surface area contributed by atoms with Crippen molar-refractivity contribution in [2.75, 3.05) is 6.61 Å². The largest absolute Gasteiger partial charge is 0.488 e. The first kappa shape index (κ1) is 13.4. The molecule has 21 heavy (non-hydrogen) atoms. The van der Waals surface area contributed by atoms with Crippen LogP contribution in [0, 0.1) is 6.92 Å². The molecule has 0 spiro atoms. The van der Waals surface area contributed by atoms with Gasteiger partial charge < -0.3 is 10.1 Å². The topological polar surface area (TPSA) is 38.3 Å². The van der Waals surface area contributed by atoms with Gasteiger partial charge >= 0.3 is 0 Å². The number of hydrogen-bond donors (Lipinski definition) is 1. The molecule has 2 aromatic carbocycles. The number of aryl methyl sites for hydroxylation is 1. The van der Waals surface area contributed by atoms with E-state index in [4.69, 9.17) is 4.74 Å². The van der Waals surface area contributed by atoms with E-state index in [1.807, 2.05) is 61.5 Å². The fourth-order valence-electron chi connectivity index (χ4n) is 2.25. The average molecular weight is 279 g/mol. The molecule has 0 aliphatic carbocycles. The molecular weight excluding hydrogens is 262 g/mol. The average Bonchev–Trinajstić information content (AvgIpc) is 2.53. The molecule has 0 atom stereocenters. The van der Waals surface area contributed by atoms with E-state index in [1.54, 1.807) is 0 Å². The minimum absolute atomic E-state index is 0.0786. The highest BCUT2D eigenvalue weighted by Crippen LogP contribution is 2.25. The summed E-state index contributed by atoms with van der Waals surface area (Å²) in [5, 5.41) is 2.93. The quantitative estimate of drug-likeness (QED) is 0.937. The molecule has 0 fully saturated rings. The Bertz CT molecular complexity index is 687. The highest BCUT2D eigenvalue weighted by molar-refractivity contribution is 5.99. The third-order valence-corrected chi connectivity index (χ3v) is 3.50. The molecule has 0 unspecified atom stereocenters. The minimum atomic E-state index is -0.0786. The molecule has 0 aromatic heterocycles. The summed E-state index contributed by atoms with van der Waals surface area (Å²) in [6.45, 7) is 2.89. The monoisotopic (exact) mass is 279 g/mol. The summed E-state index contributed by atoms with van der Waals surface area (Å²) in [7, 11) is 0. The van der Waals surface area contributed by atoms with E-state index in [0.717, 1.165) is 16.9 Å². The Morgan fingerprint density at radius 2 is 1.90 bits per heavy atom. The predicted octanol–water partition coefficient (Wildman–Crippen LogP) is 3.09. The molecule has 106 valence electrons. The van der Waals surface area contributed by atoms with Gasteiger partial charge in [0.15, 0.2) is 0 Å². The lowest BCUT2D eigenvalue weighted by Crippen LogP contribution is -2.28. The van der Waals surface area contributed by atoms with Gasteiger partial charge in [0.2, 0.25) is 0 Å². The van der Waals surface area contributed by atoms with Crippen molar-refractivity contribution in [2.24, 2.45) is 0 Å². The molecule has 0 saturated heterocycles. The summed E-state index contributed by atoms with van der Waals surface area (Å²) in [6, 6.07) is 15.9. The summed E-state index contributed by atoms with van der Waals surface area (Å²) in [6.07, 6.45) is 1.89. The second-order valence-electron chi connectivity index (χ2n) is 5.16. The summed E-state index contributed by atoms with van der Waals surface area (Å²) in [5.41, 5.74) is 3.90. The van der Waals surface area contributed by atoms with Crippen molar-refractivity contribution in [3.63, 3.8) is 0 Å². The van der Waals surface area contributed by atoms with Crippen LogP contribution in [-0.2, 0) is 11.3 Å². The lowest BCUT2D eigenvalue weighted by Gasteiger charge is -2.17. The molecule has 1 heterocycles. The van der Waals surface area contributed by atoms with Crippen LogP contribution in [0.5, 0.6) is 5.75 Å². The number of carbonyl (C=O) groups excluding carboxylic acids is 1. The molecule has 3 rings (SSSR count). The van der Waals surface area contributed by atoms with Crippen LogP contribution in [0.2, 0.25) is 0 Å². The normalized spacial score (nSPS) is 12.9. The first-order chi connectivity index (χ1) is 10.2. The zero-order valence-electron chi connectivity index (χ0n) is 11.9. The lowest BCUT2D eigenvalue weighted by atomic mass is 10.1. The SMILES string of the molecule is Cc1ccc(CNC(=O)C2=Cc3ccccc3OC2)cc1. The van der Waals surface area contributed by atoms with Gasteiger partial charge in [-0.05, 0) is 24.6 Å². The Labute approximate surface area is 124 Å². The van der Waals surface area contributed by atoms with E-state index in [9.17, 15) is 4.79 Å². The van der Waals surface area contributed by atoms with Crippen LogP contribution < -0.4 is 10.1 Å². The number of fused-ring (bicyclic) bond motifs is 1. The Kier molecular flexibility index (Phi) is 3.73. The van der Waals surface area contributed by atoms with Gasteiger partial charge in [-0.3, -0.25) is 4.79 Å². The van der Waals surface area contributed by atoms with Gasteiger partial charge in [-0.1, -0.05) is 48.0 Å². The summed E-state index contributed by atoms with van der Waals surface area (Å²) >= 11 is 0. The number of benzene rings is 2. The molecule has 2 aromatic rings. The maximum atomic E-state index is 12.2. The maximum absolute atomic E-state index is 12.2. The van der Waals surface area contributed by atoms with Crippen molar-refractivity contribution in [1.29, 1.82) is 0 Å². The van der Waals surface area contributed by atoms with Gasteiger partial charge in [-0.2, -0.15) is 0 Å². The lowest BCUT2D eigenvalue weighted by molar-refractivity contribution is -0.117. The summed E-state index contributed by atoms with van der Waals surface area (Å²) < 4.78 is 5.60. The molecule has 1 amide bonds. The molecule has 1 aliphatic rings. The first-order valence-corrected chi connectivity index (χ1v) is 6.98. The van der Waals surface area contributed by atoms with E-state index in [0.29, 0.717) is 18.7 Å². The third-order valence-electron chi connectivity index (χ3n) is 3.50. The Morgan fingerprint density at radius 3 is 2.71 bits per heavy atom. The molecule has 0 bridgehead atoms. The number of carbonyl (C=O) groups is 1. The molecule has 3 heteroatoms.